The summed E-state index contributed by atoms with van der Waals surface area (Å²) in [7, 11) is -4.22. The summed E-state index contributed by atoms with van der Waals surface area (Å²) in [6.45, 7) is 1.32. The first-order valence-corrected chi connectivity index (χ1v) is 5.25. The van der Waals surface area contributed by atoms with Gasteiger partial charge in [0.25, 0.3) is 6.43 Å². The minimum absolute atomic E-state index is 0.204. The van der Waals surface area contributed by atoms with Crippen molar-refractivity contribution in [1.82, 2.24) is 0 Å². The molecule has 0 heterocycles. The van der Waals surface area contributed by atoms with Gasteiger partial charge in [0.2, 0.25) is 0 Å². The van der Waals surface area contributed by atoms with Gasteiger partial charge in [-0.25, -0.2) is 17.2 Å². The van der Waals surface area contributed by atoms with E-state index in [0.29, 0.717) is 0 Å². The van der Waals surface area contributed by atoms with Crippen molar-refractivity contribution in [1.29, 1.82) is 0 Å². The molecule has 0 aromatic heterocycles. The lowest BCUT2D eigenvalue weighted by molar-refractivity contribution is -0.136. The lowest BCUT2D eigenvalue weighted by Gasteiger charge is -2.10. The highest BCUT2D eigenvalue weighted by atomic mass is 32.2. The summed E-state index contributed by atoms with van der Waals surface area (Å²) >= 11 is 0. The quantitative estimate of drug-likeness (QED) is 0.727. The predicted octanol–water partition coefficient (Wildman–Crippen LogP) is 0.529. The van der Waals surface area contributed by atoms with Gasteiger partial charge >= 0.3 is 5.97 Å². The smallest absolute Gasteiger partial charge is 0.321 e. The van der Waals surface area contributed by atoms with Crippen molar-refractivity contribution in [3.8, 4) is 0 Å². The maximum absolute atomic E-state index is 11.7. The maximum atomic E-state index is 11.7. The van der Waals surface area contributed by atoms with E-state index < -0.39 is 33.2 Å². The Morgan fingerprint density at radius 3 is 2.15 bits per heavy atom. The first-order chi connectivity index (χ1) is 5.81. The number of rotatable bonds is 5. The zero-order valence-corrected chi connectivity index (χ0v) is 7.72. The van der Waals surface area contributed by atoms with E-state index in [1.165, 1.54) is 6.92 Å². The van der Waals surface area contributed by atoms with Gasteiger partial charge in [-0.05, 0) is 6.42 Å². The Hall–Kier alpha value is -0.720. The molecule has 0 saturated carbocycles. The Morgan fingerprint density at radius 1 is 1.46 bits per heavy atom. The zero-order chi connectivity index (χ0) is 10.6. The monoisotopic (exact) mass is 216 g/mol. The van der Waals surface area contributed by atoms with Crippen LogP contribution in [0.5, 0.6) is 0 Å². The molecule has 0 aliphatic heterocycles. The van der Waals surface area contributed by atoms with E-state index in [4.69, 9.17) is 5.11 Å². The molecule has 1 unspecified atom stereocenters. The summed E-state index contributed by atoms with van der Waals surface area (Å²) in [6, 6.07) is 0. The van der Waals surface area contributed by atoms with Gasteiger partial charge in [0.1, 0.15) is 5.75 Å². The van der Waals surface area contributed by atoms with Gasteiger partial charge in [-0.2, -0.15) is 0 Å². The number of hydrogen-bond acceptors (Lipinski definition) is 3. The second-order valence-corrected chi connectivity index (χ2v) is 4.68. The lowest BCUT2D eigenvalue weighted by Crippen LogP contribution is -2.33. The van der Waals surface area contributed by atoms with Crippen LogP contribution in [0.15, 0.2) is 0 Å². The third-order valence-corrected chi connectivity index (χ3v) is 3.56. The summed E-state index contributed by atoms with van der Waals surface area (Å²) in [4.78, 5) is 10.3. The van der Waals surface area contributed by atoms with E-state index in [9.17, 15) is 22.0 Å². The van der Waals surface area contributed by atoms with Crippen LogP contribution in [0, 0.1) is 0 Å². The van der Waals surface area contributed by atoms with Crippen LogP contribution in [-0.4, -0.2) is 36.9 Å². The molecule has 4 nitrogen and oxygen atoms in total. The van der Waals surface area contributed by atoms with E-state index in [1.54, 1.807) is 0 Å². The second-order valence-electron chi connectivity index (χ2n) is 2.46. The highest BCUT2D eigenvalue weighted by Crippen LogP contribution is 2.10. The topological polar surface area (TPSA) is 71.4 Å². The Kier molecular flexibility index (Phi) is 4.25. The maximum Gasteiger partial charge on any atom is 0.321 e. The minimum atomic E-state index is -4.22. The average molecular weight is 216 g/mol. The number of hydrogen-bond donors (Lipinski definition) is 1. The summed E-state index contributed by atoms with van der Waals surface area (Å²) in [5.74, 6) is -2.97. The number of carboxylic acids is 1. The summed E-state index contributed by atoms with van der Waals surface area (Å²) in [5.41, 5.74) is 0. The first kappa shape index (κ1) is 12.3. The molecular weight excluding hydrogens is 206 g/mol. The molecule has 0 spiro atoms. The number of sulfone groups is 1. The minimum Gasteiger partial charge on any atom is -0.480 e. The molecule has 1 atom stereocenters. The highest BCUT2D eigenvalue weighted by Gasteiger charge is 2.32. The second kappa shape index (κ2) is 4.50. The van der Waals surface area contributed by atoms with Crippen LogP contribution in [-0.2, 0) is 14.6 Å². The van der Waals surface area contributed by atoms with E-state index in [1.807, 2.05) is 0 Å². The molecule has 0 rings (SSSR count). The summed E-state index contributed by atoms with van der Waals surface area (Å²) < 4.78 is 45.3. The zero-order valence-electron chi connectivity index (χ0n) is 6.91. The van der Waals surface area contributed by atoms with Crippen molar-refractivity contribution >= 4 is 15.8 Å². The molecule has 0 saturated heterocycles. The van der Waals surface area contributed by atoms with Crippen molar-refractivity contribution in [3.63, 3.8) is 0 Å². The molecular formula is C6H10F2O4S. The third-order valence-electron chi connectivity index (χ3n) is 1.44. The Balaban J connectivity index is 4.69. The molecule has 0 bridgehead atoms. The van der Waals surface area contributed by atoms with Gasteiger partial charge in [-0.1, -0.05) is 6.92 Å². The van der Waals surface area contributed by atoms with Crippen molar-refractivity contribution < 1.29 is 27.1 Å². The fraction of sp³-hybridized carbons (Fsp3) is 0.833. The molecule has 0 radical (unpaired) electrons. The number of carboxylic acid groups (broad SMARTS) is 1. The van der Waals surface area contributed by atoms with Crippen LogP contribution in [0.25, 0.3) is 0 Å². The molecule has 78 valence electrons. The number of alkyl halides is 2. The molecule has 0 amide bonds. The first-order valence-electron chi connectivity index (χ1n) is 3.53. The fourth-order valence-corrected chi connectivity index (χ4v) is 2.27. The van der Waals surface area contributed by atoms with Crippen LogP contribution in [0.1, 0.15) is 13.3 Å². The van der Waals surface area contributed by atoms with E-state index >= 15 is 0 Å². The lowest BCUT2D eigenvalue weighted by atomic mass is 10.3. The number of halogens is 2. The average Bonchev–Trinajstić information content (AvgIpc) is 1.82. The fourth-order valence-electron chi connectivity index (χ4n) is 0.874. The molecule has 0 fully saturated rings. The molecule has 0 aliphatic rings. The van der Waals surface area contributed by atoms with Gasteiger partial charge in [0.05, 0.1) is 0 Å². The van der Waals surface area contributed by atoms with Crippen molar-refractivity contribution in [3.05, 3.63) is 0 Å². The van der Waals surface area contributed by atoms with Crippen molar-refractivity contribution in [2.75, 3.05) is 5.75 Å². The molecule has 0 aromatic rings. The van der Waals surface area contributed by atoms with Crippen LogP contribution >= 0.6 is 0 Å². The van der Waals surface area contributed by atoms with E-state index in [2.05, 4.69) is 0 Å². The number of carbonyl (C=O) groups is 1. The van der Waals surface area contributed by atoms with Crippen LogP contribution in [0.2, 0.25) is 0 Å². The molecule has 1 N–H and O–H groups in total. The van der Waals surface area contributed by atoms with Gasteiger partial charge in [-0.15, -0.1) is 0 Å². The molecule has 13 heavy (non-hydrogen) atoms. The van der Waals surface area contributed by atoms with Gasteiger partial charge in [0, 0.05) is 0 Å². The van der Waals surface area contributed by atoms with Gasteiger partial charge in [-0.3, -0.25) is 4.79 Å². The highest BCUT2D eigenvalue weighted by molar-refractivity contribution is 7.92. The Labute approximate surface area is 74.5 Å². The number of aliphatic carboxylic acids is 1. The van der Waals surface area contributed by atoms with E-state index in [-0.39, 0.29) is 6.42 Å². The molecule has 0 aromatic carbocycles. The Morgan fingerprint density at radius 2 is 1.92 bits per heavy atom. The van der Waals surface area contributed by atoms with Crippen LogP contribution in [0.4, 0.5) is 8.78 Å². The molecule has 7 heteroatoms. The third kappa shape index (κ3) is 3.67. The van der Waals surface area contributed by atoms with Crippen molar-refractivity contribution in [2.45, 2.75) is 25.0 Å². The van der Waals surface area contributed by atoms with Crippen LogP contribution in [0.3, 0.4) is 0 Å². The van der Waals surface area contributed by atoms with E-state index in [0.717, 1.165) is 0 Å². The summed E-state index contributed by atoms with van der Waals surface area (Å²) in [5, 5.41) is 6.68. The molecule has 0 aliphatic carbocycles. The standard InChI is InChI=1S/C6H10F2O4S/c1-2-4(6(9)10)13(11,12)3-5(7)8/h4-5H,2-3H2,1H3,(H,9,10). The summed E-state index contributed by atoms with van der Waals surface area (Å²) in [6.07, 6.45) is -3.23. The SMILES string of the molecule is CCC(C(=O)O)S(=O)(=O)CC(F)F. The van der Waals surface area contributed by atoms with Crippen molar-refractivity contribution in [2.24, 2.45) is 0 Å². The van der Waals surface area contributed by atoms with Gasteiger partial charge in [0.15, 0.2) is 15.1 Å². The predicted molar refractivity (Wildman–Crippen MR) is 41.5 cm³/mol. The largest absolute Gasteiger partial charge is 0.480 e. The Bertz CT molecular complexity index is 272. The van der Waals surface area contributed by atoms with Gasteiger partial charge < -0.3 is 5.11 Å². The normalized spacial score (nSPS) is 14.5. The van der Waals surface area contributed by atoms with Crippen LogP contribution < -0.4 is 0 Å².